The number of amides is 5. The number of benzene rings is 1. The molecule has 4 N–H and O–H groups in total. The van der Waals surface area contributed by atoms with Crippen molar-refractivity contribution in [3.8, 4) is 12.3 Å². The summed E-state index contributed by atoms with van der Waals surface area (Å²) >= 11 is 0. The van der Waals surface area contributed by atoms with Gasteiger partial charge in [-0.25, -0.2) is 8.42 Å². The molecule has 2 aliphatic rings. The first kappa shape index (κ1) is 38.3. The van der Waals surface area contributed by atoms with Crippen molar-refractivity contribution in [2.24, 2.45) is 5.73 Å². The van der Waals surface area contributed by atoms with Gasteiger partial charge in [-0.15, -0.1) is 12.3 Å². The maximum Gasteiger partial charge on any atom is 0.243 e. The number of nitrogens with two attached hydrogens (primary N) is 1. The molecule has 13 heteroatoms. The van der Waals surface area contributed by atoms with Crippen LogP contribution in [0.25, 0.3) is 0 Å². The number of unbranched alkanes of at least 4 members (excludes halogenated alkanes) is 2. The second-order valence-corrected chi connectivity index (χ2v) is 13.5. The molecule has 2 aliphatic heterocycles. The quantitative estimate of drug-likeness (QED) is 0.202. The van der Waals surface area contributed by atoms with Gasteiger partial charge >= 0.3 is 0 Å². The number of hydrogen-bond acceptors (Lipinski definition) is 7. The van der Waals surface area contributed by atoms with Gasteiger partial charge in [0.15, 0.2) is 9.84 Å². The van der Waals surface area contributed by atoms with Crippen molar-refractivity contribution in [2.45, 2.75) is 115 Å². The number of carbonyl (C=O) groups is 5. The first-order chi connectivity index (χ1) is 22.0. The van der Waals surface area contributed by atoms with Crippen LogP contribution in [0.1, 0.15) is 90.5 Å². The van der Waals surface area contributed by atoms with E-state index >= 15 is 0 Å². The van der Waals surface area contributed by atoms with Crippen LogP contribution in [0.2, 0.25) is 0 Å². The molecule has 0 bridgehead atoms. The highest BCUT2D eigenvalue weighted by Crippen LogP contribution is 2.29. The number of hydrogen-bond donors (Lipinski definition) is 3. The zero-order valence-electron chi connectivity index (χ0n) is 27.3. The van der Waals surface area contributed by atoms with E-state index in [1.54, 1.807) is 28.9 Å². The molecule has 3 rings (SSSR count). The topological polar surface area (TPSA) is 176 Å². The van der Waals surface area contributed by atoms with Gasteiger partial charge in [-0.2, -0.15) is 0 Å². The summed E-state index contributed by atoms with van der Waals surface area (Å²) in [6.45, 7) is 6.40. The molecule has 1 aromatic carbocycles. The Labute approximate surface area is 273 Å². The van der Waals surface area contributed by atoms with Crippen molar-refractivity contribution >= 4 is 39.4 Å². The predicted molar refractivity (Wildman–Crippen MR) is 174 cm³/mol. The minimum absolute atomic E-state index is 0.000743. The predicted octanol–water partition coefficient (Wildman–Crippen LogP) is 2.05. The van der Waals surface area contributed by atoms with Gasteiger partial charge < -0.3 is 26.2 Å². The largest absolute Gasteiger partial charge is 0.370 e. The van der Waals surface area contributed by atoms with Crippen molar-refractivity contribution in [1.29, 1.82) is 0 Å². The molecule has 0 radical (unpaired) electrons. The van der Waals surface area contributed by atoms with Gasteiger partial charge in [0.1, 0.15) is 12.1 Å². The number of sulfone groups is 1. The number of rotatable bonds is 14. The Hall–Kier alpha value is -3.92. The third-order valence-electron chi connectivity index (χ3n) is 8.18. The Morgan fingerprint density at radius 2 is 1.74 bits per heavy atom. The Balaban J connectivity index is 0.00000361. The molecule has 3 atom stereocenters. The lowest BCUT2D eigenvalue weighted by atomic mass is 10.1. The standard InChI is InChI=1S/C31H43N5O7S.C2H6/c1-3-5-6-7-8-28(38)35-19-17-23-11-15-26(36(23)29(39)18-20-35)31(41)34-25(14-16-27(32)37)30(40)33-21-22-9-12-24(13-10-22)44(42,43)4-2;1-2/h1,9-10,12-13,23,25-26H,4-8,11,14-21H2,2H3,(H2,32,37)(H,33,40)(H,34,41);1-2H3. The maximum absolute atomic E-state index is 13.4. The van der Waals surface area contributed by atoms with E-state index in [-0.39, 0.29) is 60.9 Å². The second-order valence-electron chi connectivity index (χ2n) is 11.2. The van der Waals surface area contributed by atoms with Crippen LogP contribution in [0.4, 0.5) is 0 Å². The summed E-state index contributed by atoms with van der Waals surface area (Å²) < 4.78 is 24.1. The molecule has 1 aromatic rings. The summed E-state index contributed by atoms with van der Waals surface area (Å²) in [6.07, 6.45) is 9.26. The summed E-state index contributed by atoms with van der Waals surface area (Å²) in [5, 5.41) is 5.45. The fourth-order valence-electron chi connectivity index (χ4n) is 5.61. The molecule has 2 heterocycles. The molecule has 0 spiro atoms. The molecule has 46 heavy (non-hydrogen) atoms. The normalized spacial score (nSPS) is 18.5. The first-order valence-electron chi connectivity index (χ1n) is 16.2. The summed E-state index contributed by atoms with van der Waals surface area (Å²) in [7, 11) is -3.36. The molecule has 254 valence electrons. The van der Waals surface area contributed by atoms with Gasteiger partial charge in [0.25, 0.3) is 0 Å². The van der Waals surface area contributed by atoms with Gasteiger partial charge in [0.05, 0.1) is 10.6 Å². The van der Waals surface area contributed by atoms with E-state index in [9.17, 15) is 32.4 Å². The molecule has 0 saturated carbocycles. The number of nitrogens with one attached hydrogen (secondary N) is 2. The lowest BCUT2D eigenvalue weighted by molar-refractivity contribution is -0.143. The molecular formula is C33H49N5O7S. The fourth-order valence-corrected chi connectivity index (χ4v) is 6.49. The Morgan fingerprint density at radius 1 is 1.04 bits per heavy atom. The van der Waals surface area contributed by atoms with Crippen LogP contribution in [-0.2, 0) is 40.4 Å². The van der Waals surface area contributed by atoms with Crippen molar-refractivity contribution in [2.75, 3.05) is 18.8 Å². The number of terminal acetylenes is 1. The van der Waals surface area contributed by atoms with Crippen molar-refractivity contribution in [3.63, 3.8) is 0 Å². The van der Waals surface area contributed by atoms with Gasteiger partial charge in [-0.1, -0.05) is 32.9 Å². The number of carbonyl (C=O) groups excluding carboxylic acids is 5. The highest BCUT2D eigenvalue weighted by atomic mass is 32.2. The highest BCUT2D eigenvalue weighted by Gasteiger charge is 2.42. The molecule has 0 aliphatic carbocycles. The maximum atomic E-state index is 13.4. The van der Waals surface area contributed by atoms with E-state index in [1.807, 2.05) is 13.8 Å². The molecule has 5 amide bonds. The lowest BCUT2D eigenvalue weighted by Crippen LogP contribution is -2.55. The number of nitrogens with zero attached hydrogens (tertiary/aromatic N) is 2. The summed E-state index contributed by atoms with van der Waals surface area (Å²) in [5.74, 6) is 0.680. The average molecular weight is 660 g/mol. The van der Waals surface area contributed by atoms with E-state index in [0.717, 1.165) is 6.42 Å². The summed E-state index contributed by atoms with van der Waals surface area (Å²) in [4.78, 5) is 67.5. The van der Waals surface area contributed by atoms with Crippen molar-refractivity contribution < 1.29 is 32.4 Å². The smallest absolute Gasteiger partial charge is 0.243 e. The van der Waals surface area contributed by atoms with Gasteiger partial charge in [-0.05, 0) is 56.2 Å². The summed E-state index contributed by atoms with van der Waals surface area (Å²) in [5.41, 5.74) is 5.96. The van der Waals surface area contributed by atoms with Crippen LogP contribution >= 0.6 is 0 Å². The number of primary amides is 1. The monoisotopic (exact) mass is 659 g/mol. The zero-order valence-corrected chi connectivity index (χ0v) is 28.1. The van der Waals surface area contributed by atoms with Crippen LogP contribution < -0.4 is 16.4 Å². The fraction of sp³-hybridized carbons (Fsp3) is 0.606. The van der Waals surface area contributed by atoms with Crippen LogP contribution in [0.3, 0.4) is 0 Å². The molecule has 2 saturated heterocycles. The van der Waals surface area contributed by atoms with Crippen LogP contribution in [0, 0.1) is 12.3 Å². The third kappa shape index (κ3) is 11.2. The SMILES string of the molecule is C#CCCCCC(=O)N1CCC(=O)N2C(CCC2C(=O)NC(CCC(N)=O)C(=O)NCc2ccc(S(=O)(=O)CC)cc2)CC1.CC. The minimum Gasteiger partial charge on any atom is -0.370 e. The Morgan fingerprint density at radius 3 is 2.37 bits per heavy atom. The minimum atomic E-state index is -3.36. The van der Waals surface area contributed by atoms with Crippen molar-refractivity contribution in [3.05, 3.63) is 29.8 Å². The van der Waals surface area contributed by atoms with Crippen LogP contribution in [0.15, 0.2) is 29.2 Å². The van der Waals surface area contributed by atoms with Gasteiger partial charge in [0, 0.05) is 51.4 Å². The Kier molecular flexibility index (Phi) is 15.7. The molecule has 0 aromatic heterocycles. The molecule has 3 unspecified atom stereocenters. The van der Waals surface area contributed by atoms with E-state index in [2.05, 4.69) is 16.6 Å². The molecule has 12 nitrogen and oxygen atoms in total. The summed E-state index contributed by atoms with van der Waals surface area (Å²) in [6, 6.07) is 4.10. The highest BCUT2D eigenvalue weighted by molar-refractivity contribution is 7.91. The van der Waals surface area contributed by atoms with E-state index in [4.69, 9.17) is 12.2 Å². The molecule has 2 fully saturated rings. The van der Waals surface area contributed by atoms with Crippen LogP contribution in [0.5, 0.6) is 0 Å². The Bertz CT molecular complexity index is 1360. The molecular weight excluding hydrogens is 610 g/mol. The van der Waals surface area contributed by atoms with Crippen LogP contribution in [-0.4, -0.2) is 84.7 Å². The number of fused-ring (bicyclic) bond motifs is 1. The van der Waals surface area contributed by atoms with Gasteiger partial charge in [0.2, 0.25) is 29.5 Å². The van der Waals surface area contributed by atoms with Gasteiger partial charge in [-0.3, -0.25) is 24.0 Å². The van der Waals surface area contributed by atoms with E-state index in [1.165, 1.54) is 12.1 Å². The van der Waals surface area contributed by atoms with E-state index < -0.39 is 39.6 Å². The zero-order chi connectivity index (χ0) is 34.3. The first-order valence-corrected chi connectivity index (χ1v) is 17.8. The lowest BCUT2D eigenvalue weighted by Gasteiger charge is -2.35. The second kappa shape index (κ2) is 18.9. The average Bonchev–Trinajstić information content (AvgIpc) is 3.47. The van der Waals surface area contributed by atoms with Crippen molar-refractivity contribution in [1.82, 2.24) is 20.4 Å². The third-order valence-corrected chi connectivity index (χ3v) is 9.93. The van der Waals surface area contributed by atoms with E-state index in [0.29, 0.717) is 50.6 Å².